The Morgan fingerprint density at radius 3 is 1.68 bits per heavy atom. The summed E-state index contributed by atoms with van der Waals surface area (Å²) in [6, 6.07) is 8.06. The first-order valence-electron chi connectivity index (χ1n) is 9.03. The smallest absolute Gasteiger partial charge is 0.122 e. The van der Waals surface area contributed by atoms with Gasteiger partial charge in [-0.2, -0.15) is 0 Å². The minimum absolute atomic E-state index is 0.0972. The summed E-state index contributed by atoms with van der Waals surface area (Å²) in [7, 11) is 0. The molecule has 0 fully saturated rings. The summed E-state index contributed by atoms with van der Waals surface area (Å²) in [5, 5.41) is 21.5. The highest BCUT2D eigenvalue weighted by Crippen LogP contribution is 2.43. The van der Waals surface area contributed by atoms with E-state index in [-0.39, 0.29) is 11.8 Å². The second-order valence-electron chi connectivity index (χ2n) is 7.21. The van der Waals surface area contributed by atoms with Crippen molar-refractivity contribution in [1.29, 1.82) is 0 Å². The van der Waals surface area contributed by atoms with Gasteiger partial charge in [0, 0.05) is 17.0 Å². The lowest BCUT2D eigenvalue weighted by atomic mass is 9.78. The van der Waals surface area contributed by atoms with Gasteiger partial charge < -0.3 is 10.2 Å². The molecule has 0 aliphatic carbocycles. The van der Waals surface area contributed by atoms with Gasteiger partial charge in [0.05, 0.1) is 0 Å². The van der Waals surface area contributed by atoms with E-state index in [1.165, 1.54) is 0 Å². The molecule has 2 rings (SSSR count). The molecule has 0 amide bonds. The highest BCUT2D eigenvalue weighted by Gasteiger charge is 2.27. The van der Waals surface area contributed by atoms with Crippen LogP contribution in [-0.4, -0.2) is 10.2 Å². The molecule has 25 heavy (non-hydrogen) atoms. The van der Waals surface area contributed by atoms with Gasteiger partial charge in [0.15, 0.2) is 0 Å². The van der Waals surface area contributed by atoms with E-state index in [0.717, 1.165) is 39.8 Å². The largest absolute Gasteiger partial charge is 0.507 e. The van der Waals surface area contributed by atoms with Gasteiger partial charge in [0.25, 0.3) is 0 Å². The summed E-state index contributed by atoms with van der Waals surface area (Å²) < 4.78 is 0. The zero-order chi connectivity index (χ0) is 18.7. The Morgan fingerprint density at radius 2 is 1.28 bits per heavy atom. The minimum Gasteiger partial charge on any atom is -0.507 e. The Hall–Kier alpha value is -2.22. The summed E-state index contributed by atoms with van der Waals surface area (Å²) >= 11 is 0. The highest BCUT2D eigenvalue weighted by atomic mass is 16.3. The third-order valence-electron chi connectivity index (χ3n) is 4.82. The SMILES string of the molecule is CC/C=C/C(C)C(c1cc(C)cc(C)c1O)c1cc(C)cc(C)c1O. The summed E-state index contributed by atoms with van der Waals surface area (Å²) in [6.45, 7) is 12.2. The zero-order valence-electron chi connectivity index (χ0n) is 16.2. The second kappa shape index (κ2) is 7.77. The molecule has 2 heteroatoms. The molecule has 2 aromatic rings. The molecule has 0 radical (unpaired) electrons. The Labute approximate surface area is 151 Å². The van der Waals surface area contributed by atoms with Gasteiger partial charge in [0.2, 0.25) is 0 Å². The van der Waals surface area contributed by atoms with E-state index in [2.05, 4.69) is 26.0 Å². The lowest BCUT2D eigenvalue weighted by Gasteiger charge is -2.26. The van der Waals surface area contributed by atoms with Crippen molar-refractivity contribution in [3.63, 3.8) is 0 Å². The molecule has 1 atom stereocenters. The molecule has 0 spiro atoms. The van der Waals surface area contributed by atoms with Crippen LogP contribution in [0.2, 0.25) is 0 Å². The number of hydrogen-bond acceptors (Lipinski definition) is 2. The molecular formula is C23H30O2. The standard InChI is InChI=1S/C23H30O2/c1-7-8-9-16(4)21(19-12-14(2)10-17(5)22(19)24)20-13-15(3)11-18(6)23(20)25/h8-13,16,21,24-25H,7H2,1-6H3/b9-8+. The molecule has 0 aromatic heterocycles. The zero-order valence-corrected chi connectivity index (χ0v) is 16.2. The average Bonchev–Trinajstić information content (AvgIpc) is 2.54. The van der Waals surface area contributed by atoms with Crippen LogP contribution < -0.4 is 0 Å². The monoisotopic (exact) mass is 338 g/mol. The molecule has 0 bridgehead atoms. The molecule has 1 unspecified atom stereocenters. The highest BCUT2D eigenvalue weighted by molar-refractivity contribution is 5.54. The topological polar surface area (TPSA) is 40.5 Å². The quantitative estimate of drug-likeness (QED) is 0.650. The third-order valence-corrected chi connectivity index (χ3v) is 4.82. The number of rotatable bonds is 5. The van der Waals surface area contributed by atoms with Gasteiger partial charge in [0.1, 0.15) is 11.5 Å². The van der Waals surface area contributed by atoms with E-state index in [0.29, 0.717) is 11.5 Å². The molecule has 2 N–H and O–H groups in total. The lowest BCUT2D eigenvalue weighted by molar-refractivity contribution is 0.438. The maximum absolute atomic E-state index is 10.8. The fraction of sp³-hybridized carbons (Fsp3) is 0.391. The fourth-order valence-electron chi connectivity index (χ4n) is 3.66. The first kappa shape index (κ1) is 19.1. The van der Waals surface area contributed by atoms with E-state index in [1.54, 1.807) is 0 Å². The van der Waals surface area contributed by atoms with Crippen LogP contribution in [0.3, 0.4) is 0 Å². The molecule has 2 aromatic carbocycles. The Morgan fingerprint density at radius 1 is 0.840 bits per heavy atom. The summed E-state index contributed by atoms with van der Waals surface area (Å²) in [5.74, 6) is 0.705. The van der Waals surface area contributed by atoms with Gasteiger partial charge in [-0.05, 0) is 51.2 Å². The number of aromatic hydroxyl groups is 2. The predicted molar refractivity (Wildman–Crippen MR) is 106 cm³/mol. The van der Waals surface area contributed by atoms with Gasteiger partial charge in [-0.25, -0.2) is 0 Å². The Bertz CT molecular complexity index is 730. The lowest BCUT2D eigenvalue weighted by Crippen LogP contribution is -2.12. The van der Waals surface area contributed by atoms with Crippen LogP contribution in [0.15, 0.2) is 36.4 Å². The number of phenolic OH excluding ortho intramolecular Hbond substituents is 2. The number of hydrogen-bond donors (Lipinski definition) is 2. The van der Waals surface area contributed by atoms with Crippen LogP contribution in [0, 0.1) is 33.6 Å². The van der Waals surface area contributed by atoms with Crippen molar-refractivity contribution in [3.8, 4) is 11.5 Å². The average molecular weight is 338 g/mol. The van der Waals surface area contributed by atoms with Crippen molar-refractivity contribution in [1.82, 2.24) is 0 Å². The van der Waals surface area contributed by atoms with E-state index < -0.39 is 0 Å². The van der Waals surface area contributed by atoms with Gasteiger partial charge in [-0.3, -0.25) is 0 Å². The maximum Gasteiger partial charge on any atom is 0.122 e. The molecule has 2 nitrogen and oxygen atoms in total. The van der Waals surface area contributed by atoms with Crippen molar-refractivity contribution in [2.45, 2.75) is 53.9 Å². The Kier molecular flexibility index (Phi) is 5.94. The van der Waals surface area contributed by atoms with Crippen LogP contribution in [0.25, 0.3) is 0 Å². The molecule has 0 saturated carbocycles. The van der Waals surface area contributed by atoms with Crippen LogP contribution in [0.5, 0.6) is 11.5 Å². The van der Waals surface area contributed by atoms with Crippen molar-refractivity contribution >= 4 is 0 Å². The first-order valence-corrected chi connectivity index (χ1v) is 9.03. The molecule has 0 saturated heterocycles. The van der Waals surface area contributed by atoms with Gasteiger partial charge in [-0.1, -0.05) is 61.4 Å². The number of allylic oxidation sites excluding steroid dienone is 2. The summed E-state index contributed by atoms with van der Waals surface area (Å²) in [4.78, 5) is 0. The number of benzene rings is 2. The van der Waals surface area contributed by atoms with Crippen molar-refractivity contribution in [2.75, 3.05) is 0 Å². The molecular weight excluding hydrogens is 308 g/mol. The fourth-order valence-corrected chi connectivity index (χ4v) is 3.66. The van der Waals surface area contributed by atoms with E-state index >= 15 is 0 Å². The van der Waals surface area contributed by atoms with Crippen molar-refractivity contribution in [2.24, 2.45) is 5.92 Å². The van der Waals surface area contributed by atoms with Crippen LogP contribution in [-0.2, 0) is 0 Å². The maximum atomic E-state index is 10.8. The molecule has 0 aliphatic heterocycles. The summed E-state index contributed by atoms with van der Waals surface area (Å²) in [6.07, 6.45) is 5.30. The number of phenols is 2. The van der Waals surface area contributed by atoms with E-state index in [4.69, 9.17) is 0 Å². The van der Waals surface area contributed by atoms with Crippen LogP contribution >= 0.6 is 0 Å². The summed E-state index contributed by atoms with van der Waals surface area (Å²) in [5.41, 5.74) is 5.74. The molecule has 0 aliphatic rings. The van der Waals surface area contributed by atoms with Crippen molar-refractivity contribution in [3.05, 3.63) is 69.8 Å². The van der Waals surface area contributed by atoms with E-state index in [9.17, 15) is 10.2 Å². The van der Waals surface area contributed by atoms with Crippen LogP contribution in [0.4, 0.5) is 0 Å². The second-order valence-corrected chi connectivity index (χ2v) is 7.21. The molecule has 0 heterocycles. The third kappa shape index (κ3) is 4.07. The normalized spacial score (nSPS) is 12.9. The van der Waals surface area contributed by atoms with Gasteiger partial charge in [-0.15, -0.1) is 0 Å². The van der Waals surface area contributed by atoms with Gasteiger partial charge >= 0.3 is 0 Å². The van der Waals surface area contributed by atoms with Crippen molar-refractivity contribution < 1.29 is 10.2 Å². The first-order chi connectivity index (χ1) is 11.8. The molecule has 134 valence electrons. The van der Waals surface area contributed by atoms with E-state index in [1.807, 2.05) is 52.0 Å². The number of aryl methyl sites for hydroxylation is 4. The Balaban J connectivity index is 2.74. The minimum atomic E-state index is -0.0972. The van der Waals surface area contributed by atoms with Crippen LogP contribution in [0.1, 0.15) is 59.6 Å². The predicted octanol–water partition coefficient (Wildman–Crippen LogP) is 6.07.